The van der Waals surface area contributed by atoms with E-state index in [0.717, 1.165) is 5.92 Å². The molecule has 3 atom stereocenters. The number of nitrogens with one attached hydrogen (secondary N) is 1. The highest BCUT2D eigenvalue weighted by atomic mass is 15.2. The number of hydrogen-bond donors (Lipinski definition) is 1. The monoisotopic (exact) mass is 220 g/mol. The van der Waals surface area contributed by atoms with E-state index in [4.69, 9.17) is 0 Å². The first-order chi connectivity index (χ1) is 7.74. The van der Waals surface area contributed by atoms with E-state index in [-0.39, 0.29) is 0 Å². The van der Waals surface area contributed by atoms with E-state index in [2.05, 4.69) is 13.8 Å². The maximum atomic E-state index is 2.56. The fourth-order valence-corrected chi connectivity index (χ4v) is 4.49. The molecule has 1 aliphatic carbocycles. The van der Waals surface area contributed by atoms with Gasteiger partial charge in [-0.05, 0) is 44.6 Å². The predicted molar refractivity (Wildman–Crippen MR) is 67.6 cm³/mol. The molecule has 90 valence electrons. The molecule has 0 spiro atoms. The molecule has 1 heteroatoms. The number of fused-ring (bicyclic) bond motifs is 2. The molecule has 2 aliphatic heterocycles. The molecular weight excluding hydrogens is 194 g/mol. The minimum atomic E-state index is 0.551. The molecule has 2 heterocycles. The summed E-state index contributed by atoms with van der Waals surface area (Å²) in [5, 5.41) is 0. The van der Waals surface area contributed by atoms with Crippen LogP contribution in [0.4, 0.5) is 0 Å². The smallest absolute Gasteiger partial charge is 0.117 e. The minimum Gasteiger partial charge on any atom is -0.326 e. The van der Waals surface area contributed by atoms with Gasteiger partial charge >= 0.3 is 0 Å². The number of rotatable bonds is 1. The van der Waals surface area contributed by atoms with Gasteiger partial charge in [-0.2, -0.15) is 0 Å². The Morgan fingerprint density at radius 1 is 1.31 bits per heavy atom. The molecule has 0 radical (unpaired) electrons. The SMILES string of the molecule is CC[C@@H]1CC[C@@]2(C)C3=C(CCC3)CC[NH+]2C1. The Labute approximate surface area is 99.9 Å². The maximum absolute atomic E-state index is 2.56. The molecule has 16 heavy (non-hydrogen) atoms. The molecule has 0 amide bonds. The Morgan fingerprint density at radius 3 is 3.00 bits per heavy atom. The van der Waals surface area contributed by atoms with Crippen LogP contribution in [0.5, 0.6) is 0 Å². The van der Waals surface area contributed by atoms with Crippen molar-refractivity contribution < 1.29 is 4.90 Å². The van der Waals surface area contributed by atoms with Crippen LogP contribution in [-0.2, 0) is 0 Å². The molecule has 1 fully saturated rings. The van der Waals surface area contributed by atoms with Crippen molar-refractivity contribution in [1.29, 1.82) is 0 Å². The number of hydrogen-bond acceptors (Lipinski definition) is 0. The zero-order valence-corrected chi connectivity index (χ0v) is 10.9. The molecule has 1 nitrogen and oxygen atoms in total. The van der Waals surface area contributed by atoms with E-state index in [0.29, 0.717) is 5.54 Å². The summed E-state index contributed by atoms with van der Waals surface area (Å²) in [6.07, 6.45) is 10.0. The van der Waals surface area contributed by atoms with Crippen LogP contribution in [-0.4, -0.2) is 18.6 Å². The van der Waals surface area contributed by atoms with E-state index in [1.54, 1.807) is 0 Å². The Morgan fingerprint density at radius 2 is 2.19 bits per heavy atom. The van der Waals surface area contributed by atoms with Crippen molar-refractivity contribution >= 4 is 0 Å². The van der Waals surface area contributed by atoms with Crippen LogP contribution < -0.4 is 4.90 Å². The summed E-state index contributed by atoms with van der Waals surface area (Å²) in [5.41, 5.74) is 4.31. The van der Waals surface area contributed by atoms with Crippen molar-refractivity contribution in [3.05, 3.63) is 11.1 Å². The summed E-state index contributed by atoms with van der Waals surface area (Å²) in [6, 6.07) is 0. The highest BCUT2D eigenvalue weighted by molar-refractivity contribution is 5.29. The summed E-state index contributed by atoms with van der Waals surface area (Å²) in [5.74, 6) is 1.01. The van der Waals surface area contributed by atoms with Gasteiger partial charge in [-0.3, -0.25) is 0 Å². The third kappa shape index (κ3) is 1.48. The second kappa shape index (κ2) is 3.87. The Kier molecular flexibility index (Phi) is 2.62. The molecule has 0 aromatic carbocycles. The predicted octanol–water partition coefficient (Wildman–Crippen LogP) is 2.33. The lowest BCUT2D eigenvalue weighted by molar-refractivity contribution is -0.955. The Hall–Kier alpha value is -0.300. The highest BCUT2D eigenvalue weighted by Crippen LogP contribution is 2.40. The summed E-state index contributed by atoms with van der Waals surface area (Å²) >= 11 is 0. The molecular formula is C15H26N+. The van der Waals surface area contributed by atoms with Crippen LogP contribution in [0.1, 0.15) is 58.8 Å². The summed E-state index contributed by atoms with van der Waals surface area (Å²) < 4.78 is 0. The van der Waals surface area contributed by atoms with Crippen molar-refractivity contribution in [1.82, 2.24) is 0 Å². The normalized spacial score (nSPS) is 43.1. The lowest BCUT2D eigenvalue weighted by Gasteiger charge is -2.48. The quantitative estimate of drug-likeness (QED) is 0.647. The van der Waals surface area contributed by atoms with Gasteiger partial charge in [-0.25, -0.2) is 0 Å². The zero-order chi connectivity index (χ0) is 11.2. The van der Waals surface area contributed by atoms with Gasteiger partial charge in [0.05, 0.1) is 13.1 Å². The van der Waals surface area contributed by atoms with E-state index in [1.807, 2.05) is 16.0 Å². The third-order valence-corrected chi connectivity index (χ3v) is 5.67. The third-order valence-electron chi connectivity index (χ3n) is 5.67. The Balaban J connectivity index is 1.87. The van der Waals surface area contributed by atoms with Crippen molar-refractivity contribution in [2.24, 2.45) is 5.92 Å². The van der Waals surface area contributed by atoms with E-state index in [1.165, 1.54) is 58.0 Å². The lowest BCUT2D eigenvalue weighted by atomic mass is 9.74. The first kappa shape index (κ1) is 10.8. The van der Waals surface area contributed by atoms with Crippen LogP contribution in [0.3, 0.4) is 0 Å². The van der Waals surface area contributed by atoms with Gasteiger partial charge in [0.15, 0.2) is 0 Å². The lowest BCUT2D eigenvalue weighted by Crippen LogP contribution is -3.22. The standard InChI is InChI=1S/C15H25N/c1-3-12-7-9-15(2)14-6-4-5-13(14)8-10-16(15)11-12/h12H,3-11H2,1-2H3/p+1/t12-,15+/m1/s1. The van der Waals surface area contributed by atoms with Crippen molar-refractivity contribution in [2.75, 3.05) is 13.1 Å². The van der Waals surface area contributed by atoms with Gasteiger partial charge in [0.25, 0.3) is 0 Å². The number of piperidine rings is 1. The summed E-state index contributed by atoms with van der Waals surface area (Å²) in [7, 11) is 0. The fourth-order valence-electron chi connectivity index (χ4n) is 4.49. The van der Waals surface area contributed by atoms with Gasteiger partial charge in [-0.1, -0.05) is 12.5 Å². The van der Waals surface area contributed by atoms with Crippen LogP contribution in [0.2, 0.25) is 0 Å². The van der Waals surface area contributed by atoms with Gasteiger partial charge in [0.2, 0.25) is 0 Å². The fraction of sp³-hybridized carbons (Fsp3) is 0.867. The molecule has 0 saturated carbocycles. The van der Waals surface area contributed by atoms with E-state index < -0.39 is 0 Å². The van der Waals surface area contributed by atoms with Crippen molar-refractivity contribution in [3.8, 4) is 0 Å². The van der Waals surface area contributed by atoms with Crippen molar-refractivity contribution in [2.45, 2.75) is 64.3 Å². The number of quaternary nitrogens is 1. The molecule has 0 aromatic heterocycles. The van der Waals surface area contributed by atoms with Crippen LogP contribution in [0.25, 0.3) is 0 Å². The van der Waals surface area contributed by atoms with Gasteiger partial charge in [0, 0.05) is 18.8 Å². The highest BCUT2D eigenvalue weighted by Gasteiger charge is 2.47. The molecule has 3 aliphatic rings. The second-order valence-corrected chi connectivity index (χ2v) is 6.39. The Bertz CT molecular complexity index is 317. The van der Waals surface area contributed by atoms with Crippen LogP contribution in [0.15, 0.2) is 11.1 Å². The molecule has 1 N–H and O–H groups in total. The topological polar surface area (TPSA) is 4.44 Å². The average molecular weight is 220 g/mol. The molecule has 1 unspecified atom stereocenters. The van der Waals surface area contributed by atoms with Gasteiger partial charge in [0.1, 0.15) is 5.54 Å². The molecule has 0 bridgehead atoms. The molecule has 0 aromatic rings. The van der Waals surface area contributed by atoms with Gasteiger partial charge < -0.3 is 4.90 Å². The average Bonchev–Trinajstić information content (AvgIpc) is 2.77. The second-order valence-electron chi connectivity index (χ2n) is 6.39. The molecule has 1 saturated heterocycles. The molecule has 3 rings (SSSR count). The first-order valence-corrected chi connectivity index (χ1v) is 7.30. The van der Waals surface area contributed by atoms with E-state index >= 15 is 0 Å². The van der Waals surface area contributed by atoms with Crippen LogP contribution >= 0.6 is 0 Å². The maximum Gasteiger partial charge on any atom is 0.117 e. The van der Waals surface area contributed by atoms with Crippen molar-refractivity contribution in [3.63, 3.8) is 0 Å². The van der Waals surface area contributed by atoms with Gasteiger partial charge in [-0.15, -0.1) is 0 Å². The summed E-state index contributed by atoms with van der Waals surface area (Å²) in [4.78, 5) is 1.92. The first-order valence-electron chi connectivity index (χ1n) is 7.30. The van der Waals surface area contributed by atoms with Crippen LogP contribution in [0, 0.1) is 5.92 Å². The minimum absolute atomic E-state index is 0.551. The van der Waals surface area contributed by atoms with E-state index in [9.17, 15) is 0 Å². The summed E-state index contributed by atoms with van der Waals surface area (Å²) in [6.45, 7) is 7.81. The zero-order valence-electron chi connectivity index (χ0n) is 10.9. The largest absolute Gasteiger partial charge is 0.326 e.